The van der Waals surface area contributed by atoms with E-state index in [4.69, 9.17) is 4.74 Å². The van der Waals surface area contributed by atoms with Gasteiger partial charge in [0.2, 0.25) is 0 Å². The Hall–Kier alpha value is 0.400. The lowest BCUT2D eigenvalue weighted by Gasteiger charge is -2.26. The Bertz CT molecular complexity index is 102. The summed E-state index contributed by atoms with van der Waals surface area (Å²) in [6.45, 7) is 1.62. The van der Waals surface area contributed by atoms with E-state index in [-0.39, 0.29) is 6.10 Å². The number of aliphatic hydroxyl groups excluding tert-OH is 1. The molecule has 1 saturated heterocycles. The van der Waals surface area contributed by atoms with Crippen LogP contribution in [0.2, 0.25) is 0 Å². The zero-order valence-corrected chi connectivity index (χ0v) is 8.22. The normalized spacial score (nSPS) is 28.4. The van der Waals surface area contributed by atoms with Crippen LogP contribution in [0.15, 0.2) is 0 Å². The zero-order valence-electron chi connectivity index (χ0n) is 6.63. The topological polar surface area (TPSA) is 29.5 Å². The SMILES string of the molecule is OC(CCBr)C1CCCOC1. The molecule has 1 N–H and O–H groups in total. The smallest absolute Gasteiger partial charge is 0.0598 e. The Morgan fingerprint density at radius 1 is 1.64 bits per heavy atom. The van der Waals surface area contributed by atoms with Crippen LogP contribution < -0.4 is 0 Å². The number of hydrogen-bond donors (Lipinski definition) is 1. The molecular weight excluding hydrogens is 208 g/mol. The maximum absolute atomic E-state index is 9.56. The molecule has 0 amide bonds. The van der Waals surface area contributed by atoms with Gasteiger partial charge >= 0.3 is 0 Å². The first-order valence-electron chi connectivity index (χ1n) is 4.16. The first-order valence-corrected chi connectivity index (χ1v) is 5.28. The highest BCUT2D eigenvalue weighted by Gasteiger charge is 2.21. The van der Waals surface area contributed by atoms with E-state index < -0.39 is 0 Å². The minimum absolute atomic E-state index is 0.172. The molecule has 2 atom stereocenters. The Kier molecular flexibility index (Phi) is 4.41. The van der Waals surface area contributed by atoms with Crippen molar-refractivity contribution < 1.29 is 9.84 Å². The summed E-state index contributed by atoms with van der Waals surface area (Å²) in [6.07, 6.45) is 2.89. The largest absolute Gasteiger partial charge is 0.393 e. The molecule has 1 rings (SSSR count). The van der Waals surface area contributed by atoms with E-state index in [0.29, 0.717) is 5.92 Å². The van der Waals surface area contributed by atoms with Crippen LogP contribution in [0.1, 0.15) is 19.3 Å². The van der Waals surface area contributed by atoms with Crippen molar-refractivity contribution in [3.05, 3.63) is 0 Å². The Labute approximate surface area is 76.1 Å². The summed E-state index contributed by atoms with van der Waals surface area (Å²) in [5, 5.41) is 10.4. The average molecular weight is 223 g/mol. The summed E-state index contributed by atoms with van der Waals surface area (Å²) in [5.74, 6) is 0.376. The summed E-state index contributed by atoms with van der Waals surface area (Å²) < 4.78 is 5.27. The predicted octanol–water partition coefficient (Wildman–Crippen LogP) is 1.56. The molecule has 1 aliphatic rings. The zero-order chi connectivity index (χ0) is 8.10. The number of ether oxygens (including phenoxy) is 1. The van der Waals surface area contributed by atoms with Crippen LogP contribution in [0.3, 0.4) is 0 Å². The molecule has 0 spiro atoms. The fourth-order valence-corrected chi connectivity index (χ4v) is 1.89. The van der Waals surface area contributed by atoms with Gasteiger partial charge in [-0.15, -0.1) is 0 Å². The van der Waals surface area contributed by atoms with Gasteiger partial charge in [0.15, 0.2) is 0 Å². The lowest BCUT2D eigenvalue weighted by molar-refractivity contribution is -0.00944. The van der Waals surface area contributed by atoms with Gasteiger partial charge in [-0.25, -0.2) is 0 Å². The maximum atomic E-state index is 9.56. The summed E-state index contributed by atoms with van der Waals surface area (Å²) in [6, 6.07) is 0. The van der Waals surface area contributed by atoms with Gasteiger partial charge in [0.25, 0.3) is 0 Å². The van der Waals surface area contributed by atoms with Gasteiger partial charge in [-0.1, -0.05) is 15.9 Å². The molecular formula is C8H15BrO2. The minimum atomic E-state index is -0.172. The predicted molar refractivity (Wildman–Crippen MR) is 48.0 cm³/mol. The van der Waals surface area contributed by atoms with Crippen molar-refractivity contribution in [2.24, 2.45) is 5.92 Å². The molecule has 2 nitrogen and oxygen atoms in total. The van der Waals surface area contributed by atoms with Crippen molar-refractivity contribution in [3.63, 3.8) is 0 Å². The lowest BCUT2D eigenvalue weighted by atomic mass is 9.94. The van der Waals surface area contributed by atoms with Crippen LogP contribution in [0.4, 0.5) is 0 Å². The third-order valence-electron chi connectivity index (χ3n) is 2.14. The Morgan fingerprint density at radius 2 is 2.45 bits per heavy atom. The lowest BCUT2D eigenvalue weighted by Crippen LogP contribution is -2.29. The first kappa shape index (κ1) is 9.49. The van der Waals surface area contributed by atoms with Crippen molar-refractivity contribution in [2.75, 3.05) is 18.5 Å². The molecule has 11 heavy (non-hydrogen) atoms. The van der Waals surface area contributed by atoms with E-state index in [2.05, 4.69) is 15.9 Å². The highest BCUT2D eigenvalue weighted by atomic mass is 79.9. The Balaban J connectivity index is 2.21. The second-order valence-electron chi connectivity index (χ2n) is 3.02. The molecule has 0 aromatic rings. The second-order valence-corrected chi connectivity index (χ2v) is 3.82. The van der Waals surface area contributed by atoms with E-state index in [0.717, 1.165) is 37.8 Å². The van der Waals surface area contributed by atoms with Crippen molar-refractivity contribution >= 4 is 15.9 Å². The molecule has 1 aliphatic heterocycles. The van der Waals surface area contributed by atoms with E-state index >= 15 is 0 Å². The molecule has 66 valence electrons. The van der Waals surface area contributed by atoms with Gasteiger partial charge in [0.05, 0.1) is 12.7 Å². The standard InChI is InChI=1S/C8H15BrO2/c9-4-3-8(10)7-2-1-5-11-6-7/h7-8,10H,1-6H2. The monoisotopic (exact) mass is 222 g/mol. The molecule has 3 heteroatoms. The van der Waals surface area contributed by atoms with Crippen LogP contribution in [0, 0.1) is 5.92 Å². The van der Waals surface area contributed by atoms with Gasteiger partial charge < -0.3 is 9.84 Å². The summed E-state index contributed by atoms with van der Waals surface area (Å²) in [5.41, 5.74) is 0. The van der Waals surface area contributed by atoms with Crippen LogP contribution in [0.25, 0.3) is 0 Å². The van der Waals surface area contributed by atoms with E-state index in [1.54, 1.807) is 0 Å². The minimum Gasteiger partial charge on any atom is -0.393 e. The van der Waals surface area contributed by atoms with Crippen molar-refractivity contribution in [1.82, 2.24) is 0 Å². The summed E-state index contributed by atoms with van der Waals surface area (Å²) in [4.78, 5) is 0. The van der Waals surface area contributed by atoms with E-state index in [1.807, 2.05) is 0 Å². The average Bonchev–Trinajstić information content (AvgIpc) is 2.07. The van der Waals surface area contributed by atoms with Crippen molar-refractivity contribution in [3.8, 4) is 0 Å². The molecule has 0 aromatic heterocycles. The van der Waals surface area contributed by atoms with Gasteiger partial charge in [0, 0.05) is 17.9 Å². The quantitative estimate of drug-likeness (QED) is 0.735. The highest BCUT2D eigenvalue weighted by Crippen LogP contribution is 2.19. The number of aliphatic hydroxyl groups is 1. The van der Waals surface area contributed by atoms with Crippen LogP contribution in [-0.4, -0.2) is 29.8 Å². The van der Waals surface area contributed by atoms with Gasteiger partial charge in [0.1, 0.15) is 0 Å². The molecule has 0 bridgehead atoms. The third-order valence-corrected chi connectivity index (χ3v) is 2.60. The van der Waals surface area contributed by atoms with Crippen molar-refractivity contribution in [2.45, 2.75) is 25.4 Å². The van der Waals surface area contributed by atoms with Gasteiger partial charge in [-0.2, -0.15) is 0 Å². The number of rotatable bonds is 3. The molecule has 1 heterocycles. The molecule has 0 aliphatic carbocycles. The number of alkyl halides is 1. The van der Waals surface area contributed by atoms with Crippen LogP contribution >= 0.6 is 15.9 Å². The van der Waals surface area contributed by atoms with Crippen LogP contribution in [-0.2, 0) is 4.74 Å². The molecule has 1 fully saturated rings. The summed E-state index contributed by atoms with van der Waals surface area (Å²) in [7, 11) is 0. The summed E-state index contributed by atoms with van der Waals surface area (Å²) >= 11 is 3.32. The van der Waals surface area contributed by atoms with E-state index in [1.165, 1.54) is 0 Å². The van der Waals surface area contributed by atoms with Gasteiger partial charge in [-0.3, -0.25) is 0 Å². The van der Waals surface area contributed by atoms with Crippen molar-refractivity contribution in [1.29, 1.82) is 0 Å². The molecule has 0 saturated carbocycles. The van der Waals surface area contributed by atoms with Gasteiger partial charge in [-0.05, 0) is 19.3 Å². The molecule has 0 aromatic carbocycles. The third kappa shape index (κ3) is 3.09. The fraction of sp³-hybridized carbons (Fsp3) is 1.00. The molecule has 2 unspecified atom stereocenters. The Morgan fingerprint density at radius 3 is 3.00 bits per heavy atom. The first-order chi connectivity index (χ1) is 5.34. The maximum Gasteiger partial charge on any atom is 0.0598 e. The highest BCUT2D eigenvalue weighted by molar-refractivity contribution is 9.09. The van der Waals surface area contributed by atoms with Crippen LogP contribution in [0.5, 0.6) is 0 Å². The van der Waals surface area contributed by atoms with E-state index in [9.17, 15) is 5.11 Å². The fourth-order valence-electron chi connectivity index (χ4n) is 1.42. The molecule has 0 radical (unpaired) electrons. The number of halogens is 1. The second kappa shape index (κ2) is 5.12. The number of hydrogen-bond acceptors (Lipinski definition) is 2.